The van der Waals surface area contributed by atoms with E-state index in [1.807, 2.05) is 0 Å². The van der Waals surface area contributed by atoms with E-state index in [0.717, 1.165) is 6.42 Å². The molecule has 1 amide bonds. The average Bonchev–Trinajstić information content (AvgIpc) is 3.05. The van der Waals surface area contributed by atoms with Gasteiger partial charge in [0.2, 0.25) is 5.91 Å². The van der Waals surface area contributed by atoms with Crippen LogP contribution in [0.2, 0.25) is 0 Å². The number of para-hydroxylation sites is 2. The molecule has 1 N–H and O–H groups in total. The van der Waals surface area contributed by atoms with Gasteiger partial charge in [0.25, 0.3) is 0 Å². The number of hydrogen-bond donors (Lipinski definition) is 1. The SMILES string of the molecule is CC(O)C1CCN(C(=O)Cn2c(=O)oc3ccccc32)C1. The molecule has 1 aliphatic heterocycles. The predicted molar refractivity (Wildman–Crippen MR) is 76.8 cm³/mol. The van der Waals surface area contributed by atoms with Gasteiger partial charge in [0, 0.05) is 19.0 Å². The Morgan fingerprint density at radius 1 is 1.48 bits per heavy atom. The maximum absolute atomic E-state index is 12.3. The van der Waals surface area contributed by atoms with Gasteiger partial charge in [-0.1, -0.05) is 12.1 Å². The van der Waals surface area contributed by atoms with Gasteiger partial charge < -0.3 is 14.4 Å². The fourth-order valence-corrected chi connectivity index (χ4v) is 2.81. The maximum Gasteiger partial charge on any atom is 0.420 e. The predicted octanol–water partition coefficient (Wildman–Crippen LogP) is 0.824. The van der Waals surface area contributed by atoms with Crippen LogP contribution < -0.4 is 5.76 Å². The number of nitrogens with zero attached hydrogens (tertiary/aromatic N) is 2. The number of carbonyl (C=O) groups is 1. The molecule has 3 rings (SSSR count). The second kappa shape index (κ2) is 5.37. The topological polar surface area (TPSA) is 75.7 Å². The molecule has 0 spiro atoms. The molecule has 1 aliphatic rings. The molecule has 112 valence electrons. The lowest BCUT2D eigenvalue weighted by Crippen LogP contribution is -2.35. The molecule has 0 saturated carbocycles. The van der Waals surface area contributed by atoms with Crippen molar-refractivity contribution in [2.24, 2.45) is 5.92 Å². The highest BCUT2D eigenvalue weighted by Gasteiger charge is 2.29. The molecule has 1 fully saturated rings. The third kappa shape index (κ3) is 2.58. The van der Waals surface area contributed by atoms with E-state index in [0.29, 0.717) is 24.2 Å². The van der Waals surface area contributed by atoms with Gasteiger partial charge in [-0.2, -0.15) is 0 Å². The van der Waals surface area contributed by atoms with Gasteiger partial charge in [-0.25, -0.2) is 4.79 Å². The number of likely N-dealkylation sites (tertiary alicyclic amines) is 1. The first-order valence-electron chi connectivity index (χ1n) is 7.10. The Kier molecular flexibility index (Phi) is 3.55. The van der Waals surface area contributed by atoms with Crippen molar-refractivity contribution in [1.82, 2.24) is 9.47 Å². The molecule has 6 nitrogen and oxygen atoms in total. The first-order valence-corrected chi connectivity index (χ1v) is 7.10. The smallest absolute Gasteiger partial charge is 0.408 e. The molecule has 2 atom stereocenters. The summed E-state index contributed by atoms with van der Waals surface area (Å²) in [6, 6.07) is 7.05. The Bertz CT molecular complexity index is 716. The zero-order valence-electron chi connectivity index (χ0n) is 11.9. The number of oxazole rings is 1. The summed E-state index contributed by atoms with van der Waals surface area (Å²) < 4.78 is 6.47. The van der Waals surface area contributed by atoms with E-state index in [1.54, 1.807) is 36.1 Å². The number of aromatic nitrogens is 1. The van der Waals surface area contributed by atoms with Gasteiger partial charge >= 0.3 is 5.76 Å². The van der Waals surface area contributed by atoms with Crippen LogP contribution in [0.25, 0.3) is 11.1 Å². The average molecular weight is 290 g/mol. The standard InChI is InChI=1S/C15H18N2O4/c1-10(18)11-6-7-16(8-11)14(19)9-17-12-4-2-3-5-13(12)21-15(17)20/h2-5,10-11,18H,6-9H2,1H3. The largest absolute Gasteiger partial charge is 0.420 e. The molecular weight excluding hydrogens is 272 g/mol. The quantitative estimate of drug-likeness (QED) is 0.908. The summed E-state index contributed by atoms with van der Waals surface area (Å²) in [5, 5.41) is 9.59. The lowest BCUT2D eigenvalue weighted by molar-refractivity contribution is -0.131. The number of rotatable bonds is 3. The lowest BCUT2D eigenvalue weighted by atomic mass is 10.0. The molecular formula is C15H18N2O4. The third-order valence-electron chi connectivity index (χ3n) is 4.13. The number of carbonyl (C=O) groups excluding carboxylic acids is 1. The highest BCUT2D eigenvalue weighted by atomic mass is 16.4. The van der Waals surface area contributed by atoms with E-state index in [9.17, 15) is 14.7 Å². The lowest BCUT2D eigenvalue weighted by Gasteiger charge is -2.17. The molecule has 2 aromatic rings. The highest BCUT2D eigenvalue weighted by Crippen LogP contribution is 2.20. The molecule has 6 heteroatoms. The Hall–Kier alpha value is -2.08. The molecule has 0 radical (unpaired) electrons. The maximum atomic E-state index is 12.3. The van der Waals surface area contributed by atoms with Crippen LogP contribution in [0.3, 0.4) is 0 Å². The van der Waals surface area contributed by atoms with Crippen molar-refractivity contribution >= 4 is 17.0 Å². The second-order valence-corrected chi connectivity index (χ2v) is 5.55. The van der Waals surface area contributed by atoms with Crippen LogP contribution in [0, 0.1) is 5.92 Å². The van der Waals surface area contributed by atoms with Gasteiger partial charge in [0.1, 0.15) is 6.54 Å². The van der Waals surface area contributed by atoms with Crippen LogP contribution in [-0.4, -0.2) is 39.7 Å². The van der Waals surface area contributed by atoms with E-state index in [-0.39, 0.29) is 18.4 Å². The van der Waals surface area contributed by atoms with E-state index in [1.165, 1.54) is 4.57 Å². The minimum atomic E-state index is -0.518. The van der Waals surface area contributed by atoms with E-state index >= 15 is 0 Å². The van der Waals surface area contributed by atoms with Gasteiger partial charge in [-0.3, -0.25) is 9.36 Å². The number of benzene rings is 1. The van der Waals surface area contributed by atoms with Crippen molar-refractivity contribution in [3.05, 3.63) is 34.8 Å². The Morgan fingerprint density at radius 2 is 2.24 bits per heavy atom. The first kappa shape index (κ1) is 13.9. The molecule has 1 aromatic heterocycles. The Morgan fingerprint density at radius 3 is 2.95 bits per heavy atom. The Balaban J connectivity index is 1.78. The monoisotopic (exact) mass is 290 g/mol. The normalized spacial score (nSPS) is 20.1. The molecule has 2 unspecified atom stereocenters. The number of aliphatic hydroxyl groups excluding tert-OH is 1. The summed E-state index contributed by atoms with van der Waals surface area (Å²) in [4.78, 5) is 25.9. The minimum absolute atomic E-state index is 0.0254. The van der Waals surface area contributed by atoms with Crippen molar-refractivity contribution in [3.63, 3.8) is 0 Å². The molecule has 1 saturated heterocycles. The summed E-state index contributed by atoms with van der Waals surface area (Å²) in [7, 11) is 0. The van der Waals surface area contributed by atoms with E-state index < -0.39 is 11.9 Å². The highest BCUT2D eigenvalue weighted by molar-refractivity contribution is 5.79. The molecule has 21 heavy (non-hydrogen) atoms. The van der Waals surface area contributed by atoms with Crippen molar-refractivity contribution < 1.29 is 14.3 Å². The number of amides is 1. The van der Waals surface area contributed by atoms with Crippen molar-refractivity contribution in [2.45, 2.75) is 26.0 Å². The van der Waals surface area contributed by atoms with Crippen LogP contribution in [-0.2, 0) is 11.3 Å². The Labute approximate surface area is 121 Å². The van der Waals surface area contributed by atoms with E-state index in [4.69, 9.17) is 4.42 Å². The summed E-state index contributed by atoms with van der Waals surface area (Å²) in [6.07, 6.45) is 0.380. The second-order valence-electron chi connectivity index (χ2n) is 5.55. The minimum Gasteiger partial charge on any atom is -0.408 e. The molecule has 0 aliphatic carbocycles. The number of fused-ring (bicyclic) bond motifs is 1. The van der Waals surface area contributed by atoms with Crippen LogP contribution in [0.5, 0.6) is 0 Å². The van der Waals surface area contributed by atoms with Crippen LogP contribution in [0.1, 0.15) is 13.3 Å². The van der Waals surface area contributed by atoms with Crippen molar-refractivity contribution in [3.8, 4) is 0 Å². The third-order valence-corrected chi connectivity index (χ3v) is 4.13. The van der Waals surface area contributed by atoms with Gasteiger partial charge in [-0.15, -0.1) is 0 Å². The zero-order valence-corrected chi connectivity index (χ0v) is 11.9. The van der Waals surface area contributed by atoms with E-state index in [2.05, 4.69) is 0 Å². The number of aliphatic hydroxyl groups is 1. The van der Waals surface area contributed by atoms with Gasteiger partial charge in [-0.05, 0) is 25.5 Å². The molecule has 2 heterocycles. The summed E-state index contributed by atoms with van der Waals surface area (Å²) in [6.45, 7) is 2.88. The van der Waals surface area contributed by atoms with Crippen molar-refractivity contribution in [1.29, 1.82) is 0 Å². The van der Waals surface area contributed by atoms with Gasteiger partial charge in [0.15, 0.2) is 5.58 Å². The van der Waals surface area contributed by atoms with Crippen LogP contribution in [0.15, 0.2) is 33.5 Å². The summed E-state index contributed by atoms with van der Waals surface area (Å²) >= 11 is 0. The van der Waals surface area contributed by atoms with Gasteiger partial charge in [0.05, 0.1) is 11.6 Å². The summed E-state index contributed by atoms with van der Waals surface area (Å²) in [5.41, 5.74) is 1.11. The molecule has 0 bridgehead atoms. The summed E-state index contributed by atoms with van der Waals surface area (Å²) in [5.74, 6) is -0.519. The molecule has 1 aromatic carbocycles. The zero-order chi connectivity index (χ0) is 15.0. The van der Waals surface area contributed by atoms with Crippen LogP contribution in [0.4, 0.5) is 0 Å². The fourth-order valence-electron chi connectivity index (χ4n) is 2.81. The first-order chi connectivity index (χ1) is 10.1. The van der Waals surface area contributed by atoms with Crippen molar-refractivity contribution in [2.75, 3.05) is 13.1 Å². The number of hydrogen-bond acceptors (Lipinski definition) is 4. The fraction of sp³-hybridized carbons (Fsp3) is 0.467. The van der Waals surface area contributed by atoms with Crippen LogP contribution >= 0.6 is 0 Å².